The molecule has 0 unspecified atom stereocenters. The molecule has 0 aliphatic heterocycles. The Morgan fingerprint density at radius 1 is 1.26 bits per heavy atom. The maximum atomic E-state index is 12.3. The predicted octanol–water partition coefficient (Wildman–Crippen LogP) is 1.85. The first-order valence-electron chi connectivity index (χ1n) is 5.59. The van der Waals surface area contributed by atoms with Gasteiger partial charge in [-0.3, -0.25) is 5.84 Å². The van der Waals surface area contributed by atoms with Crippen LogP contribution in [0.25, 0.3) is 0 Å². The van der Waals surface area contributed by atoms with Crippen LogP contribution in [-0.4, -0.2) is 19.8 Å². The third-order valence-corrected chi connectivity index (χ3v) is 5.37. The highest BCUT2D eigenvalue weighted by atomic mass is 32.2. The van der Waals surface area contributed by atoms with Crippen molar-refractivity contribution in [1.82, 2.24) is 4.31 Å². The van der Waals surface area contributed by atoms with E-state index in [0.29, 0.717) is 12.2 Å². The fraction of sp³-hybridized carbons (Fsp3) is 0.167. The van der Waals surface area contributed by atoms with Crippen molar-refractivity contribution in [3.05, 3.63) is 46.7 Å². The van der Waals surface area contributed by atoms with Crippen molar-refractivity contribution in [3.8, 4) is 0 Å². The minimum Gasteiger partial charge on any atom is -0.324 e. The summed E-state index contributed by atoms with van der Waals surface area (Å²) in [6, 6.07) is 10.2. The number of nitrogens with two attached hydrogens (primary N) is 1. The van der Waals surface area contributed by atoms with Gasteiger partial charge in [-0.15, -0.1) is 11.3 Å². The minimum absolute atomic E-state index is 0.255. The van der Waals surface area contributed by atoms with E-state index in [-0.39, 0.29) is 4.90 Å². The van der Waals surface area contributed by atoms with Crippen LogP contribution in [0.2, 0.25) is 0 Å². The molecule has 3 N–H and O–H groups in total. The van der Waals surface area contributed by atoms with E-state index in [0.717, 1.165) is 4.88 Å². The second-order valence-corrected chi connectivity index (χ2v) is 7.09. The lowest BCUT2D eigenvalue weighted by molar-refractivity contribution is 0.469. The molecule has 2 rings (SSSR count). The number of nitrogen functional groups attached to an aromatic ring is 1. The van der Waals surface area contributed by atoms with Crippen molar-refractivity contribution in [1.29, 1.82) is 0 Å². The molecule has 7 heteroatoms. The van der Waals surface area contributed by atoms with E-state index in [1.807, 2.05) is 17.5 Å². The van der Waals surface area contributed by atoms with E-state index in [1.54, 1.807) is 19.2 Å². The normalized spacial score (nSPS) is 11.7. The van der Waals surface area contributed by atoms with Gasteiger partial charge in [0.1, 0.15) is 0 Å². The van der Waals surface area contributed by atoms with Gasteiger partial charge in [0.15, 0.2) is 0 Å². The van der Waals surface area contributed by atoms with Crippen LogP contribution in [0.3, 0.4) is 0 Å². The summed E-state index contributed by atoms with van der Waals surface area (Å²) in [5, 5.41) is 1.93. The molecule has 2 aromatic rings. The summed E-state index contributed by atoms with van der Waals surface area (Å²) in [5.74, 6) is 5.25. The van der Waals surface area contributed by atoms with Crippen molar-refractivity contribution in [2.45, 2.75) is 11.4 Å². The summed E-state index contributed by atoms with van der Waals surface area (Å²) in [5.41, 5.74) is 3.13. The van der Waals surface area contributed by atoms with E-state index in [9.17, 15) is 8.42 Å². The Kier molecular flexibility index (Phi) is 4.20. The first-order valence-corrected chi connectivity index (χ1v) is 7.91. The number of thiophene rings is 1. The van der Waals surface area contributed by atoms with Crippen LogP contribution in [0.1, 0.15) is 4.88 Å². The molecule has 1 aromatic carbocycles. The number of hydrogen-bond acceptors (Lipinski definition) is 5. The minimum atomic E-state index is -3.47. The van der Waals surface area contributed by atoms with Crippen molar-refractivity contribution >= 4 is 27.0 Å². The van der Waals surface area contributed by atoms with Crippen LogP contribution in [0, 0.1) is 0 Å². The maximum absolute atomic E-state index is 12.3. The van der Waals surface area contributed by atoms with Crippen LogP contribution in [0.4, 0.5) is 5.69 Å². The van der Waals surface area contributed by atoms with Crippen LogP contribution in [0.15, 0.2) is 46.7 Å². The molecule has 1 heterocycles. The number of benzene rings is 1. The lowest BCUT2D eigenvalue weighted by Gasteiger charge is -2.16. The van der Waals surface area contributed by atoms with Crippen molar-refractivity contribution in [3.63, 3.8) is 0 Å². The second-order valence-electron chi connectivity index (χ2n) is 4.01. The fourth-order valence-electron chi connectivity index (χ4n) is 1.61. The van der Waals surface area contributed by atoms with Crippen LogP contribution in [-0.2, 0) is 16.6 Å². The molecular weight excluding hydrogens is 282 g/mol. The van der Waals surface area contributed by atoms with Gasteiger partial charge in [0.05, 0.1) is 4.90 Å². The van der Waals surface area contributed by atoms with Gasteiger partial charge in [-0.05, 0) is 35.7 Å². The molecule has 0 aliphatic carbocycles. The number of nitrogens with one attached hydrogen (secondary N) is 1. The van der Waals surface area contributed by atoms with Gasteiger partial charge in [-0.25, -0.2) is 8.42 Å². The molecular formula is C12H15N3O2S2. The maximum Gasteiger partial charge on any atom is 0.243 e. The largest absolute Gasteiger partial charge is 0.324 e. The van der Waals surface area contributed by atoms with Gasteiger partial charge in [0, 0.05) is 24.2 Å². The monoisotopic (exact) mass is 297 g/mol. The number of hydrogen-bond donors (Lipinski definition) is 2. The average Bonchev–Trinajstić information content (AvgIpc) is 2.91. The van der Waals surface area contributed by atoms with Crippen molar-refractivity contribution < 1.29 is 8.42 Å². The standard InChI is InChI=1S/C12H15N3O2S2/c1-15(9-11-3-2-8-18-11)19(16,17)12-6-4-10(14-13)5-7-12/h2-8,14H,9,13H2,1H3. The summed E-state index contributed by atoms with van der Waals surface area (Å²) in [6.45, 7) is 0.372. The van der Waals surface area contributed by atoms with Gasteiger partial charge < -0.3 is 5.43 Å². The lowest BCUT2D eigenvalue weighted by atomic mass is 10.3. The molecule has 0 fully saturated rings. The number of anilines is 1. The van der Waals surface area contributed by atoms with Crippen LogP contribution >= 0.6 is 11.3 Å². The highest BCUT2D eigenvalue weighted by Gasteiger charge is 2.20. The van der Waals surface area contributed by atoms with Gasteiger partial charge >= 0.3 is 0 Å². The first-order chi connectivity index (χ1) is 9.04. The van der Waals surface area contributed by atoms with Gasteiger partial charge in [0.25, 0.3) is 0 Å². The summed E-state index contributed by atoms with van der Waals surface area (Å²) >= 11 is 1.54. The number of hydrazine groups is 1. The molecule has 0 aliphatic rings. The summed E-state index contributed by atoms with van der Waals surface area (Å²) in [4.78, 5) is 1.26. The van der Waals surface area contributed by atoms with Crippen LogP contribution < -0.4 is 11.3 Å². The Morgan fingerprint density at radius 3 is 2.47 bits per heavy atom. The molecule has 0 amide bonds. The Labute approximate surface area is 116 Å². The Hall–Kier alpha value is -1.41. The SMILES string of the molecule is CN(Cc1cccs1)S(=O)(=O)c1ccc(NN)cc1. The summed E-state index contributed by atoms with van der Waals surface area (Å²) < 4.78 is 26.0. The molecule has 0 bridgehead atoms. The number of sulfonamides is 1. The zero-order chi connectivity index (χ0) is 13.9. The molecule has 0 radical (unpaired) electrons. The fourth-order valence-corrected chi connectivity index (χ4v) is 3.60. The van der Waals surface area contributed by atoms with Gasteiger partial charge in [-0.1, -0.05) is 6.07 Å². The Balaban J connectivity index is 2.20. The summed E-state index contributed by atoms with van der Waals surface area (Å²) in [6.07, 6.45) is 0. The topological polar surface area (TPSA) is 75.4 Å². The van der Waals surface area contributed by atoms with Crippen molar-refractivity contribution in [2.75, 3.05) is 12.5 Å². The highest BCUT2D eigenvalue weighted by molar-refractivity contribution is 7.89. The number of nitrogens with zero attached hydrogens (tertiary/aromatic N) is 1. The second kappa shape index (κ2) is 5.70. The zero-order valence-corrected chi connectivity index (χ0v) is 12.0. The third-order valence-electron chi connectivity index (χ3n) is 2.69. The molecule has 5 nitrogen and oxygen atoms in total. The lowest BCUT2D eigenvalue weighted by Crippen LogP contribution is -2.26. The zero-order valence-electron chi connectivity index (χ0n) is 10.4. The molecule has 0 spiro atoms. The molecule has 1 aromatic heterocycles. The Morgan fingerprint density at radius 2 is 1.95 bits per heavy atom. The average molecular weight is 297 g/mol. The molecule has 19 heavy (non-hydrogen) atoms. The van der Waals surface area contributed by atoms with E-state index in [1.165, 1.54) is 27.8 Å². The predicted molar refractivity (Wildman–Crippen MR) is 77.2 cm³/mol. The van der Waals surface area contributed by atoms with E-state index in [2.05, 4.69) is 5.43 Å². The Bertz CT molecular complexity index is 622. The smallest absolute Gasteiger partial charge is 0.243 e. The van der Waals surface area contributed by atoms with E-state index < -0.39 is 10.0 Å². The quantitative estimate of drug-likeness (QED) is 0.652. The molecule has 0 atom stereocenters. The van der Waals surface area contributed by atoms with Crippen LogP contribution in [0.5, 0.6) is 0 Å². The van der Waals surface area contributed by atoms with E-state index >= 15 is 0 Å². The highest BCUT2D eigenvalue weighted by Crippen LogP contribution is 2.20. The van der Waals surface area contributed by atoms with E-state index in [4.69, 9.17) is 5.84 Å². The third kappa shape index (κ3) is 3.13. The van der Waals surface area contributed by atoms with Gasteiger partial charge in [-0.2, -0.15) is 4.31 Å². The molecule has 0 saturated carbocycles. The first kappa shape index (κ1) is 14.0. The number of rotatable bonds is 5. The molecule has 102 valence electrons. The van der Waals surface area contributed by atoms with Gasteiger partial charge in [0.2, 0.25) is 10.0 Å². The summed E-state index contributed by atoms with van der Waals surface area (Å²) in [7, 11) is -1.90. The van der Waals surface area contributed by atoms with Crippen molar-refractivity contribution in [2.24, 2.45) is 5.84 Å². The molecule has 0 saturated heterocycles.